The smallest absolute Gasteiger partial charge is 0.220 e. The predicted octanol–water partition coefficient (Wildman–Crippen LogP) is 4.39. The molecule has 0 aromatic heterocycles. The monoisotopic (exact) mass is 351 g/mol. The highest BCUT2D eigenvalue weighted by molar-refractivity contribution is 9.09. The molecule has 0 aliphatic heterocycles. The summed E-state index contributed by atoms with van der Waals surface area (Å²) >= 11 is 3.61. The van der Waals surface area contributed by atoms with Gasteiger partial charge in [0.25, 0.3) is 0 Å². The van der Waals surface area contributed by atoms with Gasteiger partial charge in [0.15, 0.2) is 0 Å². The van der Waals surface area contributed by atoms with E-state index in [1.807, 2.05) is 0 Å². The molecule has 1 aliphatic carbocycles. The highest BCUT2D eigenvalue weighted by Crippen LogP contribution is 2.33. The summed E-state index contributed by atoms with van der Waals surface area (Å²) in [5.41, 5.74) is 2.48. The summed E-state index contributed by atoms with van der Waals surface area (Å²) in [6.07, 6.45) is 6.01. The van der Waals surface area contributed by atoms with E-state index >= 15 is 0 Å². The van der Waals surface area contributed by atoms with Crippen LogP contribution in [0.4, 0.5) is 0 Å². The maximum atomic E-state index is 12.3. The first-order valence-electron chi connectivity index (χ1n) is 7.95. The molecule has 0 spiro atoms. The number of hydrogen-bond acceptors (Lipinski definition) is 1. The number of amides is 1. The van der Waals surface area contributed by atoms with Gasteiger partial charge in [-0.3, -0.25) is 4.79 Å². The minimum atomic E-state index is -0.0170. The lowest BCUT2D eigenvalue weighted by Crippen LogP contribution is -2.52. The molecule has 0 heterocycles. The number of nitrogens with one attached hydrogen (secondary N) is 1. The van der Waals surface area contributed by atoms with Crippen LogP contribution in [0.15, 0.2) is 24.3 Å². The van der Waals surface area contributed by atoms with E-state index in [2.05, 4.69) is 59.4 Å². The van der Waals surface area contributed by atoms with Crippen LogP contribution in [0.3, 0.4) is 0 Å². The fourth-order valence-electron chi connectivity index (χ4n) is 2.98. The van der Waals surface area contributed by atoms with E-state index < -0.39 is 0 Å². The van der Waals surface area contributed by atoms with E-state index in [1.165, 1.54) is 24.0 Å². The molecule has 0 atom stereocenters. The Balaban J connectivity index is 1.84. The van der Waals surface area contributed by atoms with Crippen LogP contribution in [0.25, 0.3) is 0 Å². The molecule has 3 heteroatoms. The van der Waals surface area contributed by atoms with Crippen LogP contribution in [0, 0.1) is 12.8 Å². The zero-order chi connectivity index (χ0) is 15.3. The van der Waals surface area contributed by atoms with Gasteiger partial charge in [0.2, 0.25) is 5.91 Å². The molecule has 1 aliphatic rings. The third-order valence-corrected chi connectivity index (χ3v) is 5.73. The molecule has 1 amide bonds. The molecular formula is C18H26BrNO. The van der Waals surface area contributed by atoms with Gasteiger partial charge < -0.3 is 5.32 Å². The van der Waals surface area contributed by atoms with Gasteiger partial charge in [-0.05, 0) is 50.5 Å². The Morgan fingerprint density at radius 2 is 1.90 bits per heavy atom. The number of halogens is 1. The first-order chi connectivity index (χ1) is 10.0. The number of alkyl halides is 1. The van der Waals surface area contributed by atoms with Crippen LogP contribution in [0.2, 0.25) is 0 Å². The highest BCUT2D eigenvalue weighted by Gasteiger charge is 2.34. The van der Waals surface area contributed by atoms with Crippen LogP contribution in [-0.4, -0.2) is 16.8 Å². The summed E-state index contributed by atoms with van der Waals surface area (Å²) in [6.45, 7) is 4.39. The van der Waals surface area contributed by atoms with E-state index in [0.717, 1.165) is 30.5 Å². The molecule has 0 unspecified atom stereocenters. The average molecular weight is 352 g/mol. The van der Waals surface area contributed by atoms with Gasteiger partial charge in [0, 0.05) is 17.3 Å². The molecule has 1 N–H and O–H groups in total. The quantitative estimate of drug-likeness (QED) is 0.783. The minimum Gasteiger partial charge on any atom is -0.350 e. The average Bonchev–Trinajstić information content (AvgIpc) is 2.49. The summed E-state index contributed by atoms with van der Waals surface area (Å²) in [6, 6.07) is 8.45. The summed E-state index contributed by atoms with van der Waals surface area (Å²) < 4.78 is 0. The fourth-order valence-corrected chi connectivity index (χ4v) is 3.68. The Morgan fingerprint density at radius 1 is 1.29 bits per heavy atom. The van der Waals surface area contributed by atoms with Crippen molar-refractivity contribution in [3.05, 3.63) is 35.4 Å². The lowest BCUT2D eigenvalue weighted by atomic mass is 9.78. The molecule has 116 valence electrons. The molecule has 0 radical (unpaired) electrons. The standard InChI is InChI=1S/C18H26BrNO/c1-14-3-5-16(6-4-14)7-8-17(21)20-18(13-19)11-9-15(2)10-12-18/h3-6,15H,7-13H2,1-2H3,(H,20,21). The number of carbonyl (C=O) groups is 1. The maximum Gasteiger partial charge on any atom is 0.220 e. The molecular weight excluding hydrogens is 326 g/mol. The molecule has 1 saturated carbocycles. The Bertz CT molecular complexity index is 461. The van der Waals surface area contributed by atoms with Crippen LogP contribution in [0.5, 0.6) is 0 Å². The van der Waals surface area contributed by atoms with Gasteiger partial charge in [0.05, 0.1) is 0 Å². The van der Waals surface area contributed by atoms with Crippen molar-refractivity contribution in [1.82, 2.24) is 5.32 Å². The molecule has 1 aromatic rings. The maximum absolute atomic E-state index is 12.3. The van der Waals surface area contributed by atoms with Gasteiger partial charge in [-0.25, -0.2) is 0 Å². The second kappa shape index (κ2) is 7.44. The van der Waals surface area contributed by atoms with Crippen LogP contribution < -0.4 is 5.32 Å². The van der Waals surface area contributed by atoms with Crippen molar-refractivity contribution in [2.24, 2.45) is 5.92 Å². The molecule has 2 nitrogen and oxygen atoms in total. The second-order valence-corrected chi connectivity index (χ2v) is 7.19. The van der Waals surface area contributed by atoms with Gasteiger partial charge in [-0.2, -0.15) is 0 Å². The third kappa shape index (κ3) is 4.84. The summed E-state index contributed by atoms with van der Waals surface area (Å²) in [7, 11) is 0. The fraction of sp³-hybridized carbons (Fsp3) is 0.611. The highest BCUT2D eigenvalue weighted by atomic mass is 79.9. The Labute approximate surface area is 136 Å². The topological polar surface area (TPSA) is 29.1 Å². The number of hydrogen-bond donors (Lipinski definition) is 1. The molecule has 2 rings (SSSR count). The normalized spacial score (nSPS) is 25.6. The van der Waals surface area contributed by atoms with Gasteiger partial charge in [0.1, 0.15) is 0 Å². The lowest BCUT2D eigenvalue weighted by Gasteiger charge is -2.39. The van der Waals surface area contributed by atoms with Crippen molar-refractivity contribution < 1.29 is 4.79 Å². The van der Waals surface area contributed by atoms with Gasteiger partial charge in [-0.15, -0.1) is 0 Å². The Kier molecular flexibility index (Phi) is 5.86. The van der Waals surface area contributed by atoms with Crippen LogP contribution in [-0.2, 0) is 11.2 Å². The Hall–Kier alpha value is -0.830. The van der Waals surface area contributed by atoms with Crippen molar-refractivity contribution in [2.45, 2.75) is 57.9 Å². The zero-order valence-corrected chi connectivity index (χ0v) is 14.7. The number of aryl methyl sites for hydroxylation is 2. The number of carbonyl (C=O) groups excluding carboxylic acids is 1. The van der Waals surface area contributed by atoms with Gasteiger partial charge in [-0.1, -0.05) is 52.7 Å². The minimum absolute atomic E-state index is 0.0170. The van der Waals surface area contributed by atoms with Crippen molar-refractivity contribution in [2.75, 3.05) is 5.33 Å². The largest absolute Gasteiger partial charge is 0.350 e. The predicted molar refractivity (Wildman–Crippen MR) is 91.8 cm³/mol. The van der Waals surface area contributed by atoms with E-state index in [1.54, 1.807) is 0 Å². The van der Waals surface area contributed by atoms with Crippen molar-refractivity contribution in [3.63, 3.8) is 0 Å². The molecule has 0 bridgehead atoms. The van der Waals surface area contributed by atoms with E-state index in [4.69, 9.17) is 0 Å². The third-order valence-electron chi connectivity index (χ3n) is 4.65. The number of rotatable bonds is 5. The summed E-state index contributed by atoms with van der Waals surface area (Å²) in [5.74, 6) is 0.978. The molecule has 1 aromatic carbocycles. The van der Waals surface area contributed by atoms with Gasteiger partial charge >= 0.3 is 0 Å². The van der Waals surface area contributed by atoms with Crippen molar-refractivity contribution >= 4 is 21.8 Å². The van der Waals surface area contributed by atoms with Crippen molar-refractivity contribution in [3.8, 4) is 0 Å². The summed E-state index contributed by atoms with van der Waals surface area (Å²) in [5, 5.41) is 4.16. The Morgan fingerprint density at radius 3 is 2.48 bits per heavy atom. The molecule has 21 heavy (non-hydrogen) atoms. The zero-order valence-electron chi connectivity index (χ0n) is 13.1. The first kappa shape index (κ1) is 16.5. The van der Waals surface area contributed by atoms with Crippen LogP contribution >= 0.6 is 15.9 Å². The SMILES string of the molecule is Cc1ccc(CCC(=O)NC2(CBr)CCC(C)CC2)cc1. The summed E-state index contributed by atoms with van der Waals surface area (Å²) in [4.78, 5) is 12.3. The van der Waals surface area contributed by atoms with Crippen molar-refractivity contribution in [1.29, 1.82) is 0 Å². The van der Waals surface area contributed by atoms with E-state index in [9.17, 15) is 4.79 Å². The van der Waals surface area contributed by atoms with E-state index in [0.29, 0.717) is 6.42 Å². The lowest BCUT2D eigenvalue weighted by molar-refractivity contribution is -0.123. The first-order valence-corrected chi connectivity index (χ1v) is 9.08. The second-order valence-electron chi connectivity index (χ2n) is 6.63. The van der Waals surface area contributed by atoms with E-state index in [-0.39, 0.29) is 11.4 Å². The molecule has 0 saturated heterocycles. The molecule has 1 fully saturated rings. The van der Waals surface area contributed by atoms with Crippen LogP contribution in [0.1, 0.15) is 50.2 Å². The number of benzene rings is 1.